The monoisotopic (exact) mass is 344 g/mol. The van der Waals surface area contributed by atoms with Crippen molar-refractivity contribution in [2.75, 3.05) is 26.3 Å². The van der Waals surface area contributed by atoms with Crippen LogP contribution in [0.3, 0.4) is 0 Å². The van der Waals surface area contributed by atoms with Crippen LogP contribution in [0.2, 0.25) is 0 Å². The number of ether oxygens (including phenoxy) is 1. The average Bonchev–Trinajstić information content (AvgIpc) is 3.08. The van der Waals surface area contributed by atoms with Crippen LogP contribution in [0, 0.1) is 0 Å². The third kappa shape index (κ3) is 2.51. The lowest BCUT2D eigenvalue weighted by Crippen LogP contribution is -2.57. The lowest BCUT2D eigenvalue weighted by molar-refractivity contribution is -0.0311. The van der Waals surface area contributed by atoms with Gasteiger partial charge in [-0.3, -0.25) is 4.90 Å². The molecular weight excluding hydrogens is 324 g/mol. The van der Waals surface area contributed by atoms with Gasteiger partial charge in [0.25, 0.3) is 0 Å². The molecule has 3 rings (SSSR count). The molecule has 1 aromatic heterocycles. The lowest BCUT2D eigenvalue weighted by Gasteiger charge is -2.47. The van der Waals surface area contributed by atoms with Crippen molar-refractivity contribution < 1.29 is 4.74 Å². The highest BCUT2D eigenvalue weighted by molar-refractivity contribution is 9.10. The van der Waals surface area contributed by atoms with Crippen molar-refractivity contribution in [1.82, 2.24) is 4.90 Å². The molecule has 2 aliphatic rings. The first-order chi connectivity index (χ1) is 9.24. The largest absolute Gasteiger partial charge is 0.379 e. The van der Waals surface area contributed by atoms with E-state index in [1.165, 1.54) is 35.7 Å². The maximum Gasteiger partial charge on any atom is 0.0594 e. The van der Waals surface area contributed by atoms with Crippen molar-refractivity contribution in [2.24, 2.45) is 5.73 Å². The Morgan fingerprint density at radius 1 is 1.26 bits per heavy atom. The van der Waals surface area contributed by atoms with Gasteiger partial charge in [0.15, 0.2) is 0 Å². The summed E-state index contributed by atoms with van der Waals surface area (Å²) in [6.45, 7) is 3.74. The number of hydrogen-bond acceptors (Lipinski definition) is 4. The molecular formula is C14H21BrN2OS. The van der Waals surface area contributed by atoms with Crippen molar-refractivity contribution in [3.63, 3.8) is 0 Å². The predicted octanol–water partition coefficient (Wildman–Crippen LogP) is 3.16. The van der Waals surface area contributed by atoms with Crippen LogP contribution < -0.4 is 5.73 Å². The fourth-order valence-corrected chi connectivity index (χ4v) is 5.20. The molecule has 0 amide bonds. The van der Waals surface area contributed by atoms with Gasteiger partial charge in [-0.2, -0.15) is 11.3 Å². The number of nitrogens with two attached hydrogens (primary N) is 1. The Morgan fingerprint density at radius 2 is 1.95 bits per heavy atom. The molecule has 2 heterocycles. The zero-order chi connectivity index (χ0) is 13.3. The Morgan fingerprint density at radius 3 is 2.53 bits per heavy atom. The number of rotatable bonds is 3. The van der Waals surface area contributed by atoms with E-state index >= 15 is 0 Å². The molecule has 1 aromatic rings. The van der Waals surface area contributed by atoms with E-state index < -0.39 is 0 Å². The minimum atomic E-state index is 0.105. The van der Waals surface area contributed by atoms with Crippen LogP contribution in [0.15, 0.2) is 15.2 Å². The van der Waals surface area contributed by atoms with Gasteiger partial charge in [0.2, 0.25) is 0 Å². The molecule has 106 valence electrons. The first kappa shape index (κ1) is 14.0. The number of thiophene rings is 1. The molecule has 1 aliphatic carbocycles. The van der Waals surface area contributed by atoms with E-state index in [1.54, 1.807) is 11.3 Å². The Labute approximate surface area is 127 Å². The van der Waals surface area contributed by atoms with Gasteiger partial charge in [0, 0.05) is 28.5 Å². The summed E-state index contributed by atoms with van der Waals surface area (Å²) in [5.41, 5.74) is 8.13. The standard InChI is InChI=1S/C14H21BrN2OS/c15-12-10-19-9-11(12)13(16)14(3-1-2-4-14)17-5-7-18-8-6-17/h9-10,13H,1-8,16H2. The van der Waals surface area contributed by atoms with E-state index in [-0.39, 0.29) is 11.6 Å². The Bertz CT molecular complexity index is 425. The van der Waals surface area contributed by atoms with Gasteiger partial charge in [0.05, 0.1) is 19.3 Å². The molecule has 0 radical (unpaired) electrons. The maximum atomic E-state index is 6.71. The second kappa shape index (κ2) is 5.82. The highest BCUT2D eigenvalue weighted by Crippen LogP contribution is 2.45. The third-order valence-corrected chi connectivity index (χ3v) is 6.42. The quantitative estimate of drug-likeness (QED) is 0.915. The van der Waals surface area contributed by atoms with Crippen molar-refractivity contribution in [3.8, 4) is 0 Å². The van der Waals surface area contributed by atoms with Crippen LogP contribution in [0.25, 0.3) is 0 Å². The Hall–Kier alpha value is 0.0600. The molecule has 5 heteroatoms. The molecule has 0 spiro atoms. The summed E-state index contributed by atoms with van der Waals surface area (Å²) < 4.78 is 6.68. The van der Waals surface area contributed by atoms with Gasteiger partial charge in [-0.15, -0.1) is 0 Å². The lowest BCUT2D eigenvalue weighted by atomic mass is 9.83. The number of nitrogens with zero attached hydrogens (tertiary/aromatic N) is 1. The number of morpholine rings is 1. The van der Waals surface area contributed by atoms with Gasteiger partial charge in [-0.1, -0.05) is 12.8 Å². The first-order valence-electron chi connectivity index (χ1n) is 7.04. The fourth-order valence-electron chi connectivity index (χ4n) is 3.62. The van der Waals surface area contributed by atoms with Crippen molar-refractivity contribution in [3.05, 3.63) is 20.8 Å². The summed E-state index contributed by atoms with van der Waals surface area (Å²) in [7, 11) is 0. The van der Waals surface area contributed by atoms with Gasteiger partial charge in [-0.05, 0) is 39.7 Å². The van der Waals surface area contributed by atoms with E-state index in [4.69, 9.17) is 10.5 Å². The van der Waals surface area contributed by atoms with Crippen LogP contribution in [0.5, 0.6) is 0 Å². The molecule has 19 heavy (non-hydrogen) atoms. The predicted molar refractivity (Wildman–Crippen MR) is 82.5 cm³/mol. The summed E-state index contributed by atoms with van der Waals surface area (Å²) in [4.78, 5) is 2.60. The molecule has 0 bridgehead atoms. The van der Waals surface area contributed by atoms with Crippen molar-refractivity contribution >= 4 is 27.3 Å². The van der Waals surface area contributed by atoms with Crippen molar-refractivity contribution in [1.29, 1.82) is 0 Å². The molecule has 2 fully saturated rings. The summed E-state index contributed by atoms with van der Waals surface area (Å²) >= 11 is 5.38. The number of hydrogen-bond donors (Lipinski definition) is 1. The Balaban J connectivity index is 1.89. The summed E-state index contributed by atoms with van der Waals surface area (Å²) in [6.07, 6.45) is 5.03. The van der Waals surface area contributed by atoms with Crippen LogP contribution in [-0.4, -0.2) is 36.7 Å². The van der Waals surface area contributed by atoms with E-state index in [1.807, 2.05) is 0 Å². The van der Waals surface area contributed by atoms with Crippen LogP contribution >= 0.6 is 27.3 Å². The minimum absolute atomic E-state index is 0.105. The number of halogens is 1. The smallest absolute Gasteiger partial charge is 0.0594 e. The topological polar surface area (TPSA) is 38.5 Å². The molecule has 2 N–H and O–H groups in total. The fraction of sp³-hybridized carbons (Fsp3) is 0.714. The average molecular weight is 345 g/mol. The van der Waals surface area contributed by atoms with E-state index in [0.717, 1.165) is 26.3 Å². The molecule has 1 saturated heterocycles. The molecule has 1 aliphatic heterocycles. The van der Waals surface area contributed by atoms with E-state index in [2.05, 4.69) is 31.6 Å². The first-order valence-corrected chi connectivity index (χ1v) is 8.77. The normalized spacial score (nSPS) is 25.6. The van der Waals surface area contributed by atoms with Gasteiger partial charge in [-0.25, -0.2) is 0 Å². The zero-order valence-electron chi connectivity index (χ0n) is 11.1. The molecule has 1 atom stereocenters. The summed E-state index contributed by atoms with van der Waals surface area (Å²) in [5, 5.41) is 4.34. The summed E-state index contributed by atoms with van der Waals surface area (Å²) in [6, 6.07) is 0.105. The van der Waals surface area contributed by atoms with Crippen LogP contribution in [0.1, 0.15) is 37.3 Å². The zero-order valence-corrected chi connectivity index (χ0v) is 13.5. The molecule has 1 unspecified atom stereocenters. The van der Waals surface area contributed by atoms with Crippen LogP contribution in [-0.2, 0) is 4.74 Å². The van der Waals surface area contributed by atoms with Gasteiger partial charge >= 0.3 is 0 Å². The van der Waals surface area contributed by atoms with Crippen molar-refractivity contribution in [2.45, 2.75) is 37.3 Å². The molecule has 3 nitrogen and oxygen atoms in total. The molecule has 1 saturated carbocycles. The summed E-state index contributed by atoms with van der Waals surface area (Å²) in [5.74, 6) is 0. The van der Waals surface area contributed by atoms with E-state index in [9.17, 15) is 0 Å². The van der Waals surface area contributed by atoms with Crippen LogP contribution in [0.4, 0.5) is 0 Å². The third-order valence-electron chi connectivity index (χ3n) is 4.67. The highest BCUT2D eigenvalue weighted by atomic mass is 79.9. The second-order valence-electron chi connectivity index (χ2n) is 5.56. The van der Waals surface area contributed by atoms with Gasteiger partial charge in [0.1, 0.15) is 0 Å². The molecule has 0 aromatic carbocycles. The minimum Gasteiger partial charge on any atom is -0.379 e. The van der Waals surface area contributed by atoms with E-state index in [0.29, 0.717) is 0 Å². The van der Waals surface area contributed by atoms with Gasteiger partial charge < -0.3 is 10.5 Å². The second-order valence-corrected chi connectivity index (χ2v) is 7.16. The maximum absolute atomic E-state index is 6.71. The highest BCUT2D eigenvalue weighted by Gasteiger charge is 2.45. The SMILES string of the molecule is NC(c1cscc1Br)C1(N2CCOCC2)CCCC1. The Kier molecular flexibility index (Phi) is 4.29.